The minimum atomic E-state index is -0.0831. The third-order valence-corrected chi connectivity index (χ3v) is 3.81. The minimum Gasteiger partial charge on any atom is -0.312 e. The van der Waals surface area contributed by atoms with Gasteiger partial charge in [0.2, 0.25) is 0 Å². The van der Waals surface area contributed by atoms with Crippen LogP contribution in [0.3, 0.4) is 0 Å². The van der Waals surface area contributed by atoms with E-state index in [4.69, 9.17) is 0 Å². The third kappa shape index (κ3) is 0.866. The summed E-state index contributed by atoms with van der Waals surface area (Å²) in [5.74, 6) is 0. The Labute approximate surface area is 79.9 Å². The van der Waals surface area contributed by atoms with E-state index >= 15 is 0 Å². The summed E-state index contributed by atoms with van der Waals surface area (Å²) in [5.41, 5.74) is 2.45. The lowest BCUT2D eigenvalue weighted by molar-refractivity contribution is 1.18. The highest BCUT2D eigenvalue weighted by Crippen LogP contribution is 2.31. The van der Waals surface area contributed by atoms with Crippen molar-refractivity contribution >= 4 is 42.4 Å². The van der Waals surface area contributed by atoms with Crippen molar-refractivity contribution in [1.82, 2.24) is 15.0 Å². The van der Waals surface area contributed by atoms with Crippen molar-refractivity contribution in [2.45, 2.75) is 0 Å². The van der Waals surface area contributed by atoms with Crippen molar-refractivity contribution < 1.29 is 0 Å². The van der Waals surface area contributed by atoms with Gasteiger partial charge < -0.3 is 4.98 Å². The summed E-state index contributed by atoms with van der Waals surface area (Å²) in [5, 5.41) is 0. The van der Waals surface area contributed by atoms with Crippen LogP contribution in [0.1, 0.15) is 0 Å². The van der Waals surface area contributed by atoms with Gasteiger partial charge in [0.15, 0.2) is 0 Å². The second kappa shape index (κ2) is 2.36. The van der Waals surface area contributed by atoms with E-state index in [-0.39, 0.29) is 5.56 Å². The summed E-state index contributed by atoms with van der Waals surface area (Å²) in [7, 11) is 0. The lowest BCUT2D eigenvalue weighted by atomic mass is 10.5. The van der Waals surface area contributed by atoms with Gasteiger partial charge in [-0.2, -0.15) is 0 Å². The van der Waals surface area contributed by atoms with E-state index in [1.165, 1.54) is 29.0 Å². The van der Waals surface area contributed by atoms with Crippen LogP contribution in [0.5, 0.6) is 0 Å². The first-order valence-corrected chi connectivity index (χ1v) is 5.25. The second-order valence-electron chi connectivity index (χ2n) is 2.50. The Morgan fingerprint density at radius 1 is 1.31 bits per heavy atom. The molecule has 0 fully saturated rings. The van der Waals surface area contributed by atoms with Crippen molar-refractivity contribution in [3.05, 3.63) is 22.2 Å². The molecule has 0 aliphatic rings. The maximum Gasteiger partial charge on any atom is 0.268 e. The second-order valence-corrected chi connectivity index (χ2v) is 4.35. The average molecular weight is 209 g/mol. The lowest BCUT2D eigenvalue weighted by Gasteiger charge is -1.84. The first-order chi connectivity index (χ1) is 6.36. The van der Waals surface area contributed by atoms with Crippen molar-refractivity contribution in [2.75, 3.05) is 0 Å². The average Bonchev–Trinajstić information content (AvgIpc) is 2.65. The quantitative estimate of drug-likeness (QED) is 0.611. The van der Waals surface area contributed by atoms with Crippen LogP contribution >= 0.6 is 22.7 Å². The third-order valence-electron chi connectivity index (χ3n) is 1.76. The fraction of sp³-hybridized carbons (Fsp3) is 0. The molecule has 4 nitrogen and oxygen atoms in total. The Morgan fingerprint density at radius 3 is 3.15 bits per heavy atom. The van der Waals surface area contributed by atoms with Crippen molar-refractivity contribution in [2.24, 2.45) is 0 Å². The number of nitrogens with zero attached hydrogens (tertiary/aromatic N) is 2. The van der Waals surface area contributed by atoms with E-state index in [1.807, 2.05) is 0 Å². The molecule has 3 heterocycles. The van der Waals surface area contributed by atoms with Crippen LogP contribution < -0.4 is 5.56 Å². The molecule has 0 amide bonds. The number of thiazole rings is 1. The molecule has 0 unspecified atom stereocenters. The molecule has 0 aliphatic heterocycles. The molecular weight excluding hydrogens is 206 g/mol. The van der Waals surface area contributed by atoms with Crippen LogP contribution in [-0.2, 0) is 0 Å². The smallest absolute Gasteiger partial charge is 0.268 e. The summed E-state index contributed by atoms with van der Waals surface area (Å²) >= 11 is 2.90. The van der Waals surface area contributed by atoms with Gasteiger partial charge in [-0.05, 0) is 0 Å². The highest BCUT2D eigenvalue weighted by molar-refractivity contribution is 7.31. The molecule has 64 valence electrons. The van der Waals surface area contributed by atoms with Crippen LogP contribution in [0, 0.1) is 0 Å². The fourth-order valence-electron chi connectivity index (χ4n) is 1.21. The highest BCUT2D eigenvalue weighted by atomic mass is 32.1. The number of aromatic nitrogens is 3. The van der Waals surface area contributed by atoms with Crippen LogP contribution in [0.4, 0.5) is 0 Å². The highest BCUT2D eigenvalue weighted by Gasteiger charge is 2.10. The van der Waals surface area contributed by atoms with Crippen molar-refractivity contribution in [3.63, 3.8) is 0 Å². The zero-order chi connectivity index (χ0) is 8.84. The molecule has 6 heteroatoms. The molecule has 0 saturated carbocycles. The number of thiophene rings is 1. The summed E-state index contributed by atoms with van der Waals surface area (Å²) in [4.78, 5) is 23.0. The number of H-pyrrole nitrogens is 1. The first kappa shape index (κ1) is 7.16. The molecule has 3 aromatic heterocycles. The number of hydrogen-bond acceptors (Lipinski definition) is 5. The number of nitrogens with one attached hydrogen (secondary N) is 1. The number of hydrogen-bond donors (Lipinski definition) is 1. The Hall–Kier alpha value is -1.27. The van der Waals surface area contributed by atoms with Gasteiger partial charge in [-0.15, -0.1) is 22.7 Å². The fourth-order valence-corrected chi connectivity index (χ4v) is 3.18. The predicted molar refractivity (Wildman–Crippen MR) is 53.4 cm³/mol. The Balaban J connectivity index is 2.74. The Morgan fingerprint density at radius 2 is 2.23 bits per heavy atom. The zero-order valence-electron chi connectivity index (χ0n) is 6.27. The van der Waals surface area contributed by atoms with Crippen LogP contribution in [-0.4, -0.2) is 15.0 Å². The molecule has 1 N–H and O–H groups in total. The monoisotopic (exact) mass is 209 g/mol. The van der Waals surface area contributed by atoms with Crippen LogP contribution in [0.15, 0.2) is 16.6 Å². The zero-order valence-corrected chi connectivity index (χ0v) is 7.91. The van der Waals surface area contributed by atoms with Crippen LogP contribution in [0.2, 0.25) is 0 Å². The Kier molecular flexibility index (Phi) is 1.30. The van der Waals surface area contributed by atoms with Gasteiger partial charge in [0.25, 0.3) is 5.56 Å². The molecule has 0 aromatic carbocycles. The standard InChI is InChI=1S/C7H3N3OS2/c11-6-4-3(8-1-9-6)5-7(13-4)10-2-12-5/h1-2H,(H,8,9,11). The largest absolute Gasteiger partial charge is 0.312 e. The molecule has 0 saturated heterocycles. The predicted octanol–water partition coefficient (Wildman–Crippen LogP) is 1.59. The van der Waals surface area contributed by atoms with Gasteiger partial charge in [-0.25, -0.2) is 9.97 Å². The van der Waals surface area contributed by atoms with Crippen LogP contribution in [0.25, 0.3) is 19.7 Å². The maximum atomic E-state index is 11.3. The van der Waals surface area contributed by atoms with E-state index in [9.17, 15) is 4.79 Å². The van der Waals surface area contributed by atoms with E-state index in [0.29, 0.717) is 4.70 Å². The van der Waals surface area contributed by atoms with Crippen molar-refractivity contribution in [1.29, 1.82) is 0 Å². The van der Waals surface area contributed by atoms with E-state index in [0.717, 1.165) is 15.0 Å². The van der Waals surface area contributed by atoms with Gasteiger partial charge in [0.1, 0.15) is 15.0 Å². The first-order valence-electron chi connectivity index (χ1n) is 3.55. The molecular formula is C7H3N3OS2. The van der Waals surface area contributed by atoms with Gasteiger partial charge in [-0.1, -0.05) is 0 Å². The van der Waals surface area contributed by atoms with Gasteiger partial charge in [0, 0.05) is 0 Å². The summed E-state index contributed by atoms with van der Waals surface area (Å²) in [6.45, 7) is 0. The molecule has 0 spiro atoms. The van der Waals surface area contributed by atoms with E-state index < -0.39 is 0 Å². The summed E-state index contributed by atoms with van der Waals surface area (Å²) < 4.78 is 1.67. The summed E-state index contributed by atoms with van der Waals surface area (Å²) in [6.07, 6.45) is 1.43. The molecule has 0 bridgehead atoms. The SMILES string of the molecule is O=c1[nH]cnc2c1sc1ncsc12. The molecule has 3 rings (SSSR count). The van der Waals surface area contributed by atoms with Gasteiger partial charge >= 0.3 is 0 Å². The number of fused-ring (bicyclic) bond motifs is 3. The minimum absolute atomic E-state index is 0.0831. The molecule has 0 aliphatic carbocycles. The molecule has 3 aromatic rings. The topological polar surface area (TPSA) is 58.6 Å². The molecule has 13 heavy (non-hydrogen) atoms. The summed E-state index contributed by atoms with van der Waals surface area (Å²) in [6, 6.07) is 0. The van der Waals surface area contributed by atoms with Gasteiger partial charge in [-0.3, -0.25) is 4.79 Å². The number of rotatable bonds is 0. The number of aromatic amines is 1. The Bertz CT molecular complexity index is 636. The molecule has 0 atom stereocenters. The normalized spacial score (nSPS) is 11.4. The maximum absolute atomic E-state index is 11.3. The lowest BCUT2D eigenvalue weighted by Crippen LogP contribution is -2.03. The van der Waals surface area contributed by atoms with E-state index in [1.54, 1.807) is 5.51 Å². The molecule has 0 radical (unpaired) electrons. The van der Waals surface area contributed by atoms with Gasteiger partial charge in [0.05, 0.1) is 16.5 Å². The van der Waals surface area contributed by atoms with Crippen molar-refractivity contribution in [3.8, 4) is 0 Å². The van der Waals surface area contributed by atoms with E-state index in [2.05, 4.69) is 15.0 Å².